The van der Waals surface area contributed by atoms with Gasteiger partial charge in [-0.2, -0.15) is 4.36 Å². The van der Waals surface area contributed by atoms with Gasteiger partial charge in [-0.05, 0) is 79.1 Å². The summed E-state index contributed by atoms with van der Waals surface area (Å²) in [6.07, 6.45) is 3.99. The van der Waals surface area contributed by atoms with E-state index < -0.39 is 16.3 Å². The fourth-order valence-corrected chi connectivity index (χ4v) is 4.99. The van der Waals surface area contributed by atoms with Crippen LogP contribution >= 0.6 is 0 Å². The molecule has 2 aliphatic rings. The normalized spacial score (nSPS) is 18.0. The first kappa shape index (κ1) is 18.4. The summed E-state index contributed by atoms with van der Waals surface area (Å²) in [5.41, 5.74) is 7.26. The van der Waals surface area contributed by atoms with Gasteiger partial charge in [-0.1, -0.05) is 18.2 Å². The maximum Gasteiger partial charge on any atom is 0.233 e. The average Bonchev–Trinajstić information content (AvgIpc) is 3.06. The van der Waals surface area contributed by atoms with Gasteiger partial charge in [-0.15, -0.1) is 0 Å². The van der Waals surface area contributed by atoms with Gasteiger partial charge in [-0.3, -0.25) is 0 Å². The number of nitrogens with one attached hydrogen (secondary N) is 2. The standard InChI is InChI=1S/C20H26N4O2S/c1-22-12-13-5-8-16(9-6-13)27(21,26)24-20(25)23-19-17-4-2-3-14(17)11-15-7-10-18(15)19/h5-6,8-9,11,20,22-23,25H,2-4,7,10,12H2,1H3,(H2,21,24,26). The zero-order chi connectivity index (χ0) is 19.0. The number of benzene rings is 2. The van der Waals surface area contributed by atoms with Crippen LogP contribution in [0.25, 0.3) is 0 Å². The molecule has 0 heterocycles. The van der Waals surface area contributed by atoms with E-state index in [1.165, 1.54) is 22.3 Å². The lowest BCUT2D eigenvalue weighted by molar-refractivity contribution is 0.215. The Bertz CT molecular complexity index is 978. The Morgan fingerprint density at radius 1 is 1.15 bits per heavy atom. The molecular formula is C20H26N4O2S. The second-order valence-electron chi connectivity index (χ2n) is 7.25. The fraction of sp³-hybridized carbons (Fsp3) is 0.400. The van der Waals surface area contributed by atoms with Crippen molar-refractivity contribution in [3.63, 3.8) is 0 Å². The molecular weight excluding hydrogens is 360 g/mol. The Morgan fingerprint density at radius 2 is 1.85 bits per heavy atom. The Kier molecular flexibility index (Phi) is 4.94. The molecule has 7 heteroatoms. The molecule has 0 fully saturated rings. The molecule has 6 nitrogen and oxygen atoms in total. The van der Waals surface area contributed by atoms with Crippen LogP contribution in [0.5, 0.6) is 0 Å². The lowest BCUT2D eigenvalue weighted by atomic mass is 9.83. The van der Waals surface area contributed by atoms with Crippen LogP contribution in [0.2, 0.25) is 0 Å². The van der Waals surface area contributed by atoms with E-state index in [4.69, 9.17) is 5.14 Å². The van der Waals surface area contributed by atoms with Gasteiger partial charge in [0.25, 0.3) is 0 Å². The first-order chi connectivity index (χ1) is 13.0. The molecule has 27 heavy (non-hydrogen) atoms. The van der Waals surface area contributed by atoms with Crippen molar-refractivity contribution >= 4 is 15.6 Å². The van der Waals surface area contributed by atoms with Crippen LogP contribution in [-0.4, -0.2) is 22.7 Å². The van der Waals surface area contributed by atoms with E-state index in [1.807, 2.05) is 19.2 Å². The first-order valence-electron chi connectivity index (χ1n) is 9.36. The van der Waals surface area contributed by atoms with Gasteiger partial charge in [0, 0.05) is 12.2 Å². The SMILES string of the molecule is CNCc1ccc(S(N)(=O)=NC(O)Nc2c3c(cc4c2CC4)CCC3)cc1. The molecule has 2 aromatic rings. The van der Waals surface area contributed by atoms with Crippen molar-refractivity contribution in [3.05, 3.63) is 58.1 Å². The lowest BCUT2D eigenvalue weighted by Gasteiger charge is -2.27. The predicted octanol–water partition coefficient (Wildman–Crippen LogP) is 2.08. The summed E-state index contributed by atoms with van der Waals surface area (Å²) in [6.45, 7) is 0.720. The molecule has 2 aliphatic carbocycles. The van der Waals surface area contributed by atoms with Gasteiger partial charge >= 0.3 is 0 Å². The molecule has 0 aromatic heterocycles. The van der Waals surface area contributed by atoms with Gasteiger partial charge in [0.15, 0.2) is 0 Å². The third-order valence-electron chi connectivity index (χ3n) is 5.42. The second-order valence-corrected chi connectivity index (χ2v) is 9.07. The number of hydrogen-bond acceptors (Lipinski definition) is 5. The largest absolute Gasteiger partial charge is 0.355 e. The molecule has 0 spiro atoms. The molecule has 0 bridgehead atoms. The Labute approximate surface area is 160 Å². The molecule has 0 amide bonds. The maximum absolute atomic E-state index is 12.9. The van der Waals surface area contributed by atoms with Crippen LogP contribution in [0.15, 0.2) is 39.6 Å². The highest BCUT2D eigenvalue weighted by Crippen LogP contribution is 2.39. The molecule has 4 rings (SSSR count). The number of aliphatic hydroxyl groups is 1. The monoisotopic (exact) mass is 386 g/mol. The molecule has 0 aliphatic heterocycles. The third-order valence-corrected chi connectivity index (χ3v) is 6.88. The zero-order valence-corrected chi connectivity index (χ0v) is 16.3. The smallest absolute Gasteiger partial charge is 0.233 e. The maximum atomic E-state index is 12.9. The number of nitrogens with two attached hydrogens (primary N) is 1. The van der Waals surface area contributed by atoms with Gasteiger partial charge in [0.2, 0.25) is 6.35 Å². The van der Waals surface area contributed by atoms with Gasteiger partial charge in [0.05, 0.1) is 4.90 Å². The molecule has 2 unspecified atom stereocenters. The predicted molar refractivity (Wildman–Crippen MR) is 108 cm³/mol. The highest BCUT2D eigenvalue weighted by molar-refractivity contribution is 7.91. The summed E-state index contributed by atoms with van der Waals surface area (Å²) >= 11 is 0. The summed E-state index contributed by atoms with van der Waals surface area (Å²) < 4.78 is 16.9. The van der Waals surface area contributed by atoms with Crippen LogP contribution < -0.4 is 15.8 Å². The summed E-state index contributed by atoms with van der Waals surface area (Å²) in [5, 5.41) is 22.6. The van der Waals surface area contributed by atoms with E-state index in [9.17, 15) is 9.32 Å². The molecule has 0 saturated carbocycles. The minimum Gasteiger partial charge on any atom is -0.355 e. The van der Waals surface area contributed by atoms with Crippen molar-refractivity contribution in [2.24, 2.45) is 9.50 Å². The van der Waals surface area contributed by atoms with E-state index in [-0.39, 0.29) is 0 Å². The van der Waals surface area contributed by atoms with Gasteiger partial charge in [-0.25, -0.2) is 9.35 Å². The number of rotatable bonds is 6. The summed E-state index contributed by atoms with van der Waals surface area (Å²) in [7, 11) is -1.32. The van der Waals surface area contributed by atoms with Crippen LogP contribution in [-0.2, 0) is 42.1 Å². The van der Waals surface area contributed by atoms with Crippen molar-refractivity contribution in [2.75, 3.05) is 12.4 Å². The van der Waals surface area contributed by atoms with Crippen molar-refractivity contribution < 1.29 is 9.32 Å². The zero-order valence-electron chi connectivity index (χ0n) is 15.5. The van der Waals surface area contributed by atoms with Gasteiger partial charge in [0.1, 0.15) is 9.92 Å². The molecule has 0 saturated heterocycles. The summed E-state index contributed by atoms with van der Waals surface area (Å²) in [5.74, 6) is 0. The van der Waals surface area contributed by atoms with E-state index in [1.54, 1.807) is 12.1 Å². The second kappa shape index (κ2) is 7.24. The number of aryl methyl sites for hydroxylation is 2. The average molecular weight is 387 g/mol. The van der Waals surface area contributed by atoms with E-state index in [0.717, 1.165) is 49.9 Å². The van der Waals surface area contributed by atoms with Crippen LogP contribution in [0, 0.1) is 0 Å². The summed E-state index contributed by atoms with van der Waals surface area (Å²) in [4.78, 5) is 0.412. The molecule has 144 valence electrons. The van der Waals surface area contributed by atoms with E-state index in [2.05, 4.69) is 21.1 Å². The Hall–Kier alpha value is -1.93. The van der Waals surface area contributed by atoms with Crippen molar-refractivity contribution in [1.29, 1.82) is 0 Å². The Morgan fingerprint density at radius 3 is 2.52 bits per heavy atom. The number of fused-ring (bicyclic) bond motifs is 2. The van der Waals surface area contributed by atoms with Crippen LogP contribution in [0.4, 0.5) is 5.69 Å². The molecule has 5 N–H and O–H groups in total. The minimum absolute atomic E-state index is 0.412. The molecule has 2 atom stereocenters. The first-order valence-corrected chi connectivity index (χ1v) is 10.9. The van der Waals surface area contributed by atoms with Crippen LogP contribution in [0.1, 0.15) is 34.2 Å². The number of hydrogen-bond donors (Lipinski definition) is 4. The number of nitrogens with zero attached hydrogens (tertiary/aromatic N) is 1. The van der Waals surface area contributed by atoms with Crippen molar-refractivity contribution in [2.45, 2.75) is 49.9 Å². The van der Waals surface area contributed by atoms with Crippen LogP contribution in [0.3, 0.4) is 0 Å². The van der Waals surface area contributed by atoms with Crippen molar-refractivity contribution in [1.82, 2.24) is 5.32 Å². The fourth-order valence-electron chi connectivity index (χ4n) is 3.99. The summed E-state index contributed by atoms with van der Waals surface area (Å²) in [6, 6.07) is 9.44. The third kappa shape index (κ3) is 3.60. The van der Waals surface area contributed by atoms with Crippen molar-refractivity contribution in [3.8, 4) is 0 Å². The van der Waals surface area contributed by atoms with Gasteiger partial charge < -0.3 is 15.7 Å². The lowest BCUT2D eigenvalue weighted by Crippen LogP contribution is -2.25. The number of anilines is 1. The minimum atomic E-state index is -3.19. The Balaban J connectivity index is 1.59. The molecule has 0 radical (unpaired) electrons. The van der Waals surface area contributed by atoms with E-state index in [0.29, 0.717) is 4.90 Å². The molecule has 2 aromatic carbocycles. The van der Waals surface area contributed by atoms with E-state index >= 15 is 0 Å². The highest BCUT2D eigenvalue weighted by Gasteiger charge is 2.26. The quantitative estimate of drug-likeness (QED) is 0.571. The topological polar surface area (TPSA) is 99.7 Å². The number of aliphatic hydroxyl groups excluding tert-OH is 1. The highest BCUT2D eigenvalue weighted by atomic mass is 32.2.